The van der Waals surface area contributed by atoms with Crippen LogP contribution in [0.4, 0.5) is 0 Å². The van der Waals surface area contributed by atoms with E-state index in [0.29, 0.717) is 0 Å². The van der Waals surface area contributed by atoms with E-state index in [1.54, 1.807) is 0 Å². The summed E-state index contributed by atoms with van der Waals surface area (Å²) in [5.74, 6) is 0. The zero-order valence-corrected chi connectivity index (χ0v) is 9.91. The average molecular weight is 274 g/mol. The van der Waals surface area contributed by atoms with Crippen LogP contribution in [0, 0.1) is 0 Å². The Morgan fingerprint density at radius 1 is 1.44 bits per heavy atom. The number of halogens is 2. The summed E-state index contributed by atoms with van der Waals surface area (Å²) in [7, 11) is -1.30. The molecular formula is C5H10Br2OSi. The van der Waals surface area contributed by atoms with Crippen molar-refractivity contribution in [2.45, 2.75) is 24.1 Å². The predicted octanol–water partition coefficient (Wildman–Crippen LogP) is 2.55. The maximum atomic E-state index is 10.7. The second-order valence-corrected chi connectivity index (χ2v) is 10.9. The molecule has 0 aliphatic carbocycles. The maximum Gasteiger partial charge on any atom is 0.208 e. The van der Waals surface area contributed by atoms with Crippen LogP contribution in [0.15, 0.2) is 0 Å². The van der Waals surface area contributed by atoms with Gasteiger partial charge in [0.2, 0.25) is 4.69 Å². The topological polar surface area (TPSA) is 17.1 Å². The van der Waals surface area contributed by atoms with Gasteiger partial charge in [-0.2, -0.15) is 0 Å². The highest BCUT2D eigenvalue weighted by Crippen LogP contribution is 2.18. The lowest BCUT2D eigenvalue weighted by Crippen LogP contribution is -2.37. The lowest BCUT2D eigenvalue weighted by Gasteiger charge is -2.19. The minimum absolute atomic E-state index is 0.0463. The first-order valence-electron chi connectivity index (χ1n) is 2.69. The summed E-state index contributed by atoms with van der Waals surface area (Å²) in [6.07, 6.45) is 0. The summed E-state index contributed by atoms with van der Waals surface area (Å²) >= 11 is 6.25. The van der Waals surface area contributed by atoms with E-state index in [2.05, 4.69) is 51.5 Å². The van der Waals surface area contributed by atoms with Crippen LogP contribution < -0.4 is 0 Å². The van der Waals surface area contributed by atoms with E-state index in [9.17, 15) is 4.79 Å². The van der Waals surface area contributed by atoms with Gasteiger partial charge in [0.1, 0.15) is 0 Å². The van der Waals surface area contributed by atoms with Crippen molar-refractivity contribution in [3.05, 3.63) is 0 Å². The van der Waals surface area contributed by atoms with Gasteiger partial charge in [-0.05, 0) is 15.9 Å². The normalized spacial score (nSPS) is 15.2. The highest BCUT2D eigenvalue weighted by atomic mass is 79.9. The minimum atomic E-state index is -1.30. The number of carbonyl (C=O) groups is 1. The third-order valence-electron chi connectivity index (χ3n) is 0.960. The number of carbonyl (C=O) groups excluding carboxylic acids is 1. The van der Waals surface area contributed by atoms with E-state index < -0.39 is 8.07 Å². The summed E-state index contributed by atoms with van der Waals surface area (Å²) < 4.78 is 0.117. The van der Waals surface area contributed by atoms with Crippen LogP contribution in [0.1, 0.15) is 0 Å². The van der Waals surface area contributed by atoms with Crippen LogP contribution in [0.2, 0.25) is 19.6 Å². The monoisotopic (exact) mass is 272 g/mol. The molecule has 0 aromatic rings. The fraction of sp³-hybridized carbons (Fsp3) is 0.800. The number of alkyl halides is 1. The van der Waals surface area contributed by atoms with Crippen LogP contribution >= 0.6 is 31.9 Å². The molecule has 0 amide bonds. The molecule has 0 heterocycles. The van der Waals surface area contributed by atoms with E-state index in [-0.39, 0.29) is 9.14 Å². The standard InChI is InChI=1S/C5H10Br2OSi/c1-9(2,3)5(7)4(6)8/h5H,1-3H3. The smallest absolute Gasteiger partial charge is 0.208 e. The molecule has 1 atom stereocenters. The first kappa shape index (κ1) is 9.85. The van der Waals surface area contributed by atoms with Gasteiger partial charge in [0.05, 0.1) is 12.5 Å². The SMILES string of the molecule is C[Si](C)(C)C(Br)C(=O)Br. The largest absolute Gasteiger partial charge is 0.286 e. The lowest BCUT2D eigenvalue weighted by molar-refractivity contribution is -0.108. The first-order valence-corrected chi connectivity index (χ1v) is 7.97. The molecule has 9 heavy (non-hydrogen) atoms. The number of hydrogen-bond acceptors (Lipinski definition) is 1. The third kappa shape index (κ3) is 3.53. The summed E-state index contributed by atoms with van der Waals surface area (Å²) in [6, 6.07) is 0. The van der Waals surface area contributed by atoms with Crippen molar-refractivity contribution >= 4 is 44.6 Å². The third-order valence-corrected chi connectivity index (χ3v) is 8.77. The molecule has 54 valence electrons. The molecule has 1 unspecified atom stereocenters. The molecule has 0 aromatic heterocycles. The maximum absolute atomic E-state index is 10.7. The molecule has 0 rings (SSSR count). The molecule has 0 aliphatic heterocycles. The van der Waals surface area contributed by atoms with Crippen molar-refractivity contribution in [2.75, 3.05) is 0 Å². The van der Waals surface area contributed by atoms with E-state index in [1.165, 1.54) is 0 Å². The van der Waals surface area contributed by atoms with Crippen molar-refractivity contribution in [3.63, 3.8) is 0 Å². The summed E-state index contributed by atoms with van der Waals surface area (Å²) in [5.41, 5.74) is 0. The number of hydrogen-bond donors (Lipinski definition) is 0. The van der Waals surface area contributed by atoms with Crippen LogP contribution in [0.5, 0.6) is 0 Å². The molecular weight excluding hydrogens is 264 g/mol. The van der Waals surface area contributed by atoms with Crippen LogP contribution in [0.25, 0.3) is 0 Å². The molecule has 0 saturated heterocycles. The van der Waals surface area contributed by atoms with Gasteiger partial charge in [-0.15, -0.1) is 0 Å². The fourth-order valence-electron chi connectivity index (χ4n) is 0.340. The predicted molar refractivity (Wildman–Crippen MR) is 50.0 cm³/mol. The van der Waals surface area contributed by atoms with E-state index in [0.717, 1.165) is 0 Å². The average Bonchev–Trinajstić information content (AvgIpc) is 1.62. The van der Waals surface area contributed by atoms with Crippen molar-refractivity contribution in [1.82, 2.24) is 0 Å². The zero-order chi connectivity index (χ0) is 7.65. The van der Waals surface area contributed by atoms with Crippen molar-refractivity contribution in [1.29, 1.82) is 0 Å². The fourth-order valence-corrected chi connectivity index (χ4v) is 3.08. The molecule has 0 N–H and O–H groups in total. The van der Waals surface area contributed by atoms with Gasteiger partial charge in [0.25, 0.3) is 0 Å². The second-order valence-electron chi connectivity index (χ2n) is 3.03. The molecule has 0 spiro atoms. The van der Waals surface area contributed by atoms with Crippen molar-refractivity contribution < 1.29 is 4.79 Å². The zero-order valence-electron chi connectivity index (χ0n) is 5.74. The van der Waals surface area contributed by atoms with E-state index in [4.69, 9.17) is 0 Å². The van der Waals surface area contributed by atoms with Gasteiger partial charge in [-0.1, -0.05) is 35.6 Å². The van der Waals surface area contributed by atoms with Crippen LogP contribution in [-0.2, 0) is 4.79 Å². The van der Waals surface area contributed by atoms with Crippen molar-refractivity contribution in [3.8, 4) is 0 Å². The Morgan fingerprint density at radius 2 is 1.78 bits per heavy atom. The molecule has 0 bridgehead atoms. The van der Waals surface area contributed by atoms with Gasteiger partial charge >= 0.3 is 0 Å². The van der Waals surface area contributed by atoms with Crippen LogP contribution in [-0.4, -0.2) is 17.2 Å². The Labute approximate surface area is 73.5 Å². The van der Waals surface area contributed by atoms with Gasteiger partial charge in [-0.3, -0.25) is 4.79 Å². The first-order chi connectivity index (χ1) is 3.85. The summed E-state index contributed by atoms with van der Waals surface area (Å²) in [5, 5.41) is 0. The van der Waals surface area contributed by atoms with Gasteiger partial charge in [-0.25, -0.2) is 0 Å². The highest BCUT2D eigenvalue weighted by Gasteiger charge is 2.28. The molecule has 0 radical (unpaired) electrons. The molecule has 0 fully saturated rings. The lowest BCUT2D eigenvalue weighted by atomic mass is 10.9. The van der Waals surface area contributed by atoms with Gasteiger partial charge in [0, 0.05) is 0 Å². The quantitative estimate of drug-likeness (QED) is 0.429. The van der Waals surface area contributed by atoms with Crippen molar-refractivity contribution in [2.24, 2.45) is 0 Å². The number of rotatable bonds is 2. The summed E-state index contributed by atoms with van der Waals surface area (Å²) in [6.45, 7) is 6.43. The Morgan fingerprint density at radius 3 is 1.78 bits per heavy atom. The summed E-state index contributed by atoms with van der Waals surface area (Å²) in [4.78, 5) is 10.7. The van der Waals surface area contributed by atoms with E-state index >= 15 is 0 Å². The second kappa shape index (κ2) is 3.30. The Kier molecular flexibility index (Phi) is 3.61. The molecule has 0 saturated carbocycles. The van der Waals surface area contributed by atoms with E-state index in [1.807, 2.05) is 0 Å². The Hall–Kier alpha value is 0.847. The van der Waals surface area contributed by atoms with Gasteiger partial charge in [0.15, 0.2) is 0 Å². The Balaban J connectivity index is 4.04. The highest BCUT2D eigenvalue weighted by molar-refractivity contribution is 9.20. The molecule has 1 nitrogen and oxygen atoms in total. The molecule has 0 aromatic carbocycles. The molecule has 0 aliphatic rings. The van der Waals surface area contributed by atoms with Crippen LogP contribution in [0.3, 0.4) is 0 Å². The van der Waals surface area contributed by atoms with Gasteiger partial charge < -0.3 is 0 Å². The Bertz CT molecular complexity index is 119. The molecule has 4 heteroatoms. The minimum Gasteiger partial charge on any atom is -0.286 e.